The number of nitrogens with one attached hydrogen (secondary N) is 1. The summed E-state index contributed by atoms with van der Waals surface area (Å²) >= 11 is 4.91. The molecule has 0 aliphatic rings. The molecule has 102 valence electrons. The molecule has 19 heavy (non-hydrogen) atoms. The largest absolute Gasteiger partial charge is 0.241 e. The summed E-state index contributed by atoms with van der Waals surface area (Å²) in [5.41, 5.74) is 1.81. The fraction of sp³-hybridized carbons (Fsp3) is 0.231. The van der Waals surface area contributed by atoms with Gasteiger partial charge in [-0.2, -0.15) is 0 Å². The lowest BCUT2D eigenvalue weighted by Crippen LogP contribution is -2.23. The molecule has 1 aromatic carbocycles. The molecule has 6 heteroatoms. The molecule has 0 unspecified atom stereocenters. The first kappa shape index (κ1) is 14.7. The lowest BCUT2D eigenvalue weighted by molar-refractivity contribution is 0.581. The molecule has 0 radical (unpaired) electrons. The quantitative estimate of drug-likeness (QED) is 0.906. The smallest absolute Gasteiger partial charge is 0.207 e. The number of rotatable bonds is 4. The summed E-state index contributed by atoms with van der Waals surface area (Å²) in [7, 11) is -3.46. The van der Waals surface area contributed by atoms with E-state index < -0.39 is 10.0 Å². The first-order valence-electron chi connectivity index (χ1n) is 5.69. The van der Waals surface area contributed by atoms with Crippen LogP contribution in [0.25, 0.3) is 0 Å². The maximum atomic E-state index is 12.2. The third-order valence-corrected chi connectivity index (χ3v) is 6.22. The van der Waals surface area contributed by atoms with Crippen molar-refractivity contribution < 1.29 is 8.42 Å². The molecule has 0 saturated carbocycles. The van der Waals surface area contributed by atoms with Crippen molar-refractivity contribution in [2.24, 2.45) is 0 Å². The van der Waals surface area contributed by atoms with Crippen molar-refractivity contribution in [2.45, 2.75) is 25.3 Å². The predicted octanol–water partition coefficient (Wildman–Crippen LogP) is 3.61. The van der Waals surface area contributed by atoms with E-state index in [9.17, 15) is 8.42 Å². The topological polar surface area (TPSA) is 46.2 Å². The van der Waals surface area contributed by atoms with Gasteiger partial charge < -0.3 is 0 Å². The third-order valence-electron chi connectivity index (χ3n) is 2.73. The van der Waals surface area contributed by atoms with Crippen LogP contribution in [-0.4, -0.2) is 8.42 Å². The van der Waals surface area contributed by atoms with Gasteiger partial charge in [0.25, 0.3) is 0 Å². The van der Waals surface area contributed by atoms with Crippen LogP contribution in [0, 0.1) is 13.8 Å². The van der Waals surface area contributed by atoms with Crippen molar-refractivity contribution in [1.29, 1.82) is 0 Å². The molecule has 0 spiro atoms. The number of thiophene rings is 1. The standard InChI is InChI=1S/C13H14BrNO2S2/c1-9-3-4-13(10(2)7-9)19(16,17)15-8-12-11(14)5-6-18-12/h3-7,15H,8H2,1-2H3. The zero-order valence-corrected chi connectivity index (χ0v) is 13.8. The Morgan fingerprint density at radius 1 is 1.26 bits per heavy atom. The van der Waals surface area contributed by atoms with Gasteiger partial charge in [0.2, 0.25) is 10.0 Å². The van der Waals surface area contributed by atoms with Crippen LogP contribution in [0.4, 0.5) is 0 Å². The van der Waals surface area contributed by atoms with E-state index in [0.717, 1.165) is 20.5 Å². The SMILES string of the molecule is Cc1ccc(S(=O)(=O)NCc2sccc2Br)c(C)c1. The Bertz CT molecular complexity index is 692. The second-order valence-electron chi connectivity index (χ2n) is 4.29. The normalized spacial score (nSPS) is 11.7. The van der Waals surface area contributed by atoms with Crippen molar-refractivity contribution in [3.8, 4) is 0 Å². The minimum absolute atomic E-state index is 0.300. The van der Waals surface area contributed by atoms with Crippen LogP contribution in [0.2, 0.25) is 0 Å². The Labute approximate surface area is 125 Å². The Balaban J connectivity index is 2.21. The maximum Gasteiger partial charge on any atom is 0.241 e. The molecule has 0 saturated heterocycles. The van der Waals surface area contributed by atoms with E-state index in [1.54, 1.807) is 6.07 Å². The number of benzene rings is 1. The van der Waals surface area contributed by atoms with Crippen molar-refractivity contribution in [3.63, 3.8) is 0 Å². The van der Waals surface area contributed by atoms with E-state index in [1.165, 1.54) is 11.3 Å². The van der Waals surface area contributed by atoms with E-state index >= 15 is 0 Å². The molecular formula is C13H14BrNO2S2. The molecule has 1 heterocycles. The summed E-state index contributed by atoms with van der Waals surface area (Å²) in [5.74, 6) is 0. The lowest BCUT2D eigenvalue weighted by atomic mass is 10.2. The summed E-state index contributed by atoms with van der Waals surface area (Å²) in [6.07, 6.45) is 0. The van der Waals surface area contributed by atoms with E-state index in [1.807, 2.05) is 37.4 Å². The highest BCUT2D eigenvalue weighted by atomic mass is 79.9. The van der Waals surface area contributed by atoms with Crippen LogP contribution in [0.15, 0.2) is 39.0 Å². The van der Waals surface area contributed by atoms with E-state index in [4.69, 9.17) is 0 Å². The van der Waals surface area contributed by atoms with Crippen molar-refractivity contribution in [2.75, 3.05) is 0 Å². The van der Waals surface area contributed by atoms with Gasteiger partial charge in [0.1, 0.15) is 0 Å². The minimum atomic E-state index is -3.46. The maximum absolute atomic E-state index is 12.2. The van der Waals surface area contributed by atoms with Gasteiger partial charge in [0.15, 0.2) is 0 Å². The number of hydrogen-bond acceptors (Lipinski definition) is 3. The average molecular weight is 360 g/mol. The molecule has 1 aromatic heterocycles. The third kappa shape index (κ3) is 3.45. The second kappa shape index (κ2) is 5.75. The lowest BCUT2D eigenvalue weighted by Gasteiger charge is -2.09. The number of hydrogen-bond donors (Lipinski definition) is 1. The molecule has 2 aromatic rings. The zero-order valence-electron chi connectivity index (χ0n) is 10.6. The van der Waals surface area contributed by atoms with Gasteiger partial charge in [-0.15, -0.1) is 11.3 Å². The second-order valence-corrected chi connectivity index (χ2v) is 7.88. The fourth-order valence-corrected chi connectivity index (χ4v) is 4.53. The van der Waals surface area contributed by atoms with Gasteiger partial charge in [-0.1, -0.05) is 17.7 Å². The Kier molecular flexibility index (Phi) is 4.45. The van der Waals surface area contributed by atoms with E-state index in [0.29, 0.717) is 11.4 Å². The van der Waals surface area contributed by atoms with E-state index in [-0.39, 0.29) is 0 Å². The number of halogens is 1. The van der Waals surface area contributed by atoms with Crippen molar-refractivity contribution in [3.05, 3.63) is 50.1 Å². The van der Waals surface area contributed by atoms with Gasteiger partial charge in [-0.05, 0) is 52.9 Å². The first-order valence-corrected chi connectivity index (χ1v) is 8.84. The minimum Gasteiger partial charge on any atom is -0.207 e. The van der Waals surface area contributed by atoms with Crippen LogP contribution in [0.1, 0.15) is 16.0 Å². The molecule has 0 bridgehead atoms. The predicted molar refractivity (Wildman–Crippen MR) is 82.0 cm³/mol. The van der Waals surface area contributed by atoms with Gasteiger partial charge in [0.05, 0.1) is 4.90 Å². The van der Waals surface area contributed by atoms with Crippen LogP contribution in [0.3, 0.4) is 0 Å². The Morgan fingerprint density at radius 3 is 2.58 bits per heavy atom. The Morgan fingerprint density at radius 2 is 2.00 bits per heavy atom. The highest BCUT2D eigenvalue weighted by Gasteiger charge is 2.17. The summed E-state index contributed by atoms with van der Waals surface area (Å²) in [5, 5.41) is 1.92. The number of sulfonamides is 1. The molecule has 2 rings (SSSR count). The number of aryl methyl sites for hydroxylation is 2. The molecule has 3 nitrogen and oxygen atoms in total. The fourth-order valence-electron chi connectivity index (χ4n) is 1.79. The van der Waals surface area contributed by atoms with Crippen LogP contribution in [0.5, 0.6) is 0 Å². The van der Waals surface area contributed by atoms with Crippen LogP contribution in [-0.2, 0) is 16.6 Å². The van der Waals surface area contributed by atoms with Crippen LogP contribution < -0.4 is 4.72 Å². The van der Waals surface area contributed by atoms with Crippen molar-refractivity contribution in [1.82, 2.24) is 4.72 Å². The monoisotopic (exact) mass is 359 g/mol. The van der Waals surface area contributed by atoms with Crippen LogP contribution >= 0.6 is 27.3 Å². The van der Waals surface area contributed by atoms with Crippen molar-refractivity contribution >= 4 is 37.3 Å². The van der Waals surface area contributed by atoms with Gasteiger partial charge in [0, 0.05) is 15.9 Å². The summed E-state index contributed by atoms with van der Waals surface area (Å²) in [6.45, 7) is 4.05. The van der Waals surface area contributed by atoms with Gasteiger partial charge in [-0.3, -0.25) is 0 Å². The Hall–Kier alpha value is -0.690. The molecule has 0 atom stereocenters. The summed E-state index contributed by atoms with van der Waals surface area (Å²) in [6, 6.07) is 7.24. The summed E-state index contributed by atoms with van der Waals surface area (Å²) in [4.78, 5) is 1.30. The molecule has 0 amide bonds. The highest BCUT2D eigenvalue weighted by Crippen LogP contribution is 2.23. The molecule has 0 aliphatic heterocycles. The molecule has 0 fully saturated rings. The molecule has 1 N–H and O–H groups in total. The van der Waals surface area contributed by atoms with Gasteiger partial charge >= 0.3 is 0 Å². The summed E-state index contributed by atoms with van der Waals surface area (Å²) < 4.78 is 28.1. The average Bonchev–Trinajstić information content (AvgIpc) is 2.72. The zero-order chi connectivity index (χ0) is 14.0. The van der Waals surface area contributed by atoms with Gasteiger partial charge in [-0.25, -0.2) is 13.1 Å². The molecule has 0 aliphatic carbocycles. The highest BCUT2D eigenvalue weighted by molar-refractivity contribution is 9.10. The molecular weight excluding hydrogens is 346 g/mol. The van der Waals surface area contributed by atoms with E-state index in [2.05, 4.69) is 20.7 Å². The first-order chi connectivity index (χ1) is 8.90.